The van der Waals surface area contributed by atoms with E-state index in [-0.39, 0.29) is 5.78 Å². The molecular formula is C16H15IO2. The Balaban J connectivity index is 2.47. The first-order valence-corrected chi connectivity index (χ1v) is 7.07. The van der Waals surface area contributed by atoms with Crippen LogP contribution in [0.1, 0.15) is 27.0 Å². The minimum Gasteiger partial charge on any atom is -0.497 e. The minimum absolute atomic E-state index is 0.0632. The van der Waals surface area contributed by atoms with Gasteiger partial charge in [-0.25, -0.2) is 0 Å². The van der Waals surface area contributed by atoms with E-state index in [2.05, 4.69) is 22.6 Å². The molecule has 0 saturated carbocycles. The lowest BCUT2D eigenvalue weighted by molar-refractivity contribution is 0.103. The maximum absolute atomic E-state index is 12.6. The van der Waals surface area contributed by atoms with Gasteiger partial charge < -0.3 is 4.74 Å². The number of hydrogen-bond donors (Lipinski definition) is 0. The highest BCUT2D eigenvalue weighted by molar-refractivity contribution is 14.1. The van der Waals surface area contributed by atoms with E-state index < -0.39 is 0 Å². The second-order valence-electron chi connectivity index (χ2n) is 4.45. The second kappa shape index (κ2) is 5.74. The van der Waals surface area contributed by atoms with Crippen LogP contribution in [0, 0.1) is 17.4 Å². The molecule has 0 heterocycles. The van der Waals surface area contributed by atoms with Gasteiger partial charge in [0.15, 0.2) is 5.78 Å². The molecule has 0 aliphatic carbocycles. The zero-order valence-electron chi connectivity index (χ0n) is 11.2. The maximum atomic E-state index is 12.6. The molecule has 0 unspecified atom stereocenters. The summed E-state index contributed by atoms with van der Waals surface area (Å²) in [6.07, 6.45) is 0. The van der Waals surface area contributed by atoms with Gasteiger partial charge in [-0.2, -0.15) is 0 Å². The van der Waals surface area contributed by atoms with Gasteiger partial charge >= 0.3 is 0 Å². The molecule has 0 fully saturated rings. The molecule has 0 saturated heterocycles. The fourth-order valence-corrected chi connectivity index (χ4v) is 2.59. The van der Waals surface area contributed by atoms with Crippen molar-refractivity contribution in [3.05, 3.63) is 62.2 Å². The Hall–Kier alpha value is -1.36. The maximum Gasteiger partial charge on any atom is 0.194 e. The molecule has 0 bridgehead atoms. The smallest absolute Gasteiger partial charge is 0.194 e. The molecular weight excluding hydrogens is 351 g/mol. The van der Waals surface area contributed by atoms with Gasteiger partial charge in [0, 0.05) is 14.7 Å². The van der Waals surface area contributed by atoms with Crippen molar-refractivity contribution in [2.24, 2.45) is 0 Å². The molecule has 0 aromatic heterocycles. The number of ether oxygens (including phenoxy) is 1. The lowest BCUT2D eigenvalue weighted by Gasteiger charge is -2.10. The van der Waals surface area contributed by atoms with Gasteiger partial charge in [-0.05, 0) is 71.8 Å². The van der Waals surface area contributed by atoms with Crippen LogP contribution in [-0.4, -0.2) is 12.9 Å². The summed E-state index contributed by atoms with van der Waals surface area (Å²) in [7, 11) is 1.62. The number of aryl methyl sites for hydroxylation is 2. The zero-order chi connectivity index (χ0) is 14.0. The first-order valence-electron chi connectivity index (χ1n) is 5.99. The van der Waals surface area contributed by atoms with Crippen molar-refractivity contribution < 1.29 is 9.53 Å². The number of carbonyl (C=O) groups is 1. The lowest BCUT2D eigenvalue weighted by atomic mass is 9.98. The van der Waals surface area contributed by atoms with Crippen LogP contribution in [0.25, 0.3) is 0 Å². The number of benzene rings is 2. The molecule has 0 atom stereocenters. The summed E-state index contributed by atoms with van der Waals surface area (Å²) in [5, 5.41) is 0. The van der Waals surface area contributed by atoms with Crippen molar-refractivity contribution in [3.63, 3.8) is 0 Å². The van der Waals surface area contributed by atoms with E-state index in [4.69, 9.17) is 4.74 Å². The quantitative estimate of drug-likeness (QED) is 0.603. The van der Waals surface area contributed by atoms with Gasteiger partial charge in [0.05, 0.1) is 7.11 Å². The first kappa shape index (κ1) is 14.1. The molecule has 3 heteroatoms. The van der Waals surface area contributed by atoms with E-state index in [1.165, 1.54) is 0 Å². The third-order valence-corrected chi connectivity index (χ3v) is 4.55. The summed E-state index contributed by atoms with van der Waals surface area (Å²) >= 11 is 2.23. The minimum atomic E-state index is 0.0632. The average molecular weight is 366 g/mol. The molecule has 0 amide bonds. The fourth-order valence-electron chi connectivity index (χ4n) is 1.99. The van der Waals surface area contributed by atoms with Crippen molar-refractivity contribution in [2.45, 2.75) is 13.8 Å². The van der Waals surface area contributed by atoms with Crippen LogP contribution in [0.2, 0.25) is 0 Å². The largest absolute Gasteiger partial charge is 0.497 e. The van der Waals surface area contributed by atoms with Crippen LogP contribution in [0.15, 0.2) is 36.4 Å². The third kappa shape index (κ3) is 2.81. The lowest BCUT2D eigenvalue weighted by Crippen LogP contribution is -2.06. The molecule has 0 radical (unpaired) electrons. The van der Waals surface area contributed by atoms with Gasteiger partial charge in [-0.1, -0.05) is 12.1 Å². The van der Waals surface area contributed by atoms with E-state index in [0.717, 1.165) is 31.6 Å². The second-order valence-corrected chi connectivity index (χ2v) is 5.53. The molecule has 0 aliphatic rings. The number of methoxy groups -OCH3 is 1. The SMILES string of the molecule is COc1ccc(C(=O)c2cccc(C)c2I)c(C)c1. The highest BCUT2D eigenvalue weighted by atomic mass is 127. The van der Waals surface area contributed by atoms with Gasteiger partial charge in [0.1, 0.15) is 5.75 Å². The van der Waals surface area contributed by atoms with E-state index in [9.17, 15) is 4.79 Å². The summed E-state index contributed by atoms with van der Waals surface area (Å²) < 4.78 is 6.18. The first-order chi connectivity index (χ1) is 9.04. The van der Waals surface area contributed by atoms with Crippen LogP contribution in [0.3, 0.4) is 0 Å². The summed E-state index contributed by atoms with van der Waals surface area (Å²) in [6, 6.07) is 11.3. The summed E-state index contributed by atoms with van der Waals surface area (Å²) in [5.74, 6) is 0.834. The number of carbonyl (C=O) groups excluding carboxylic acids is 1. The Bertz CT molecular complexity index is 633. The van der Waals surface area contributed by atoms with Gasteiger partial charge in [0.25, 0.3) is 0 Å². The molecule has 2 nitrogen and oxygen atoms in total. The Morgan fingerprint density at radius 2 is 1.79 bits per heavy atom. The van der Waals surface area contributed by atoms with Crippen LogP contribution in [0.4, 0.5) is 0 Å². The summed E-state index contributed by atoms with van der Waals surface area (Å²) in [5.41, 5.74) is 3.54. The van der Waals surface area contributed by atoms with Crippen molar-refractivity contribution in [1.29, 1.82) is 0 Å². The number of halogens is 1. The molecule has 98 valence electrons. The molecule has 19 heavy (non-hydrogen) atoms. The molecule has 0 N–H and O–H groups in total. The molecule has 2 aromatic rings. The summed E-state index contributed by atoms with van der Waals surface area (Å²) in [6.45, 7) is 3.94. The van der Waals surface area contributed by atoms with Gasteiger partial charge in [-0.3, -0.25) is 4.79 Å². The standard InChI is InChI=1S/C16H15IO2/c1-10-5-4-6-14(15(10)17)16(18)13-8-7-12(19-3)9-11(13)2/h4-9H,1-3H3. The van der Waals surface area contributed by atoms with Crippen molar-refractivity contribution >= 4 is 28.4 Å². The predicted molar refractivity (Wildman–Crippen MR) is 85.1 cm³/mol. The van der Waals surface area contributed by atoms with Crippen molar-refractivity contribution in [2.75, 3.05) is 7.11 Å². The molecule has 0 aliphatic heterocycles. The molecule has 2 rings (SSSR count). The van der Waals surface area contributed by atoms with Gasteiger partial charge in [-0.15, -0.1) is 0 Å². The van der Waals surface area contributed by atoms with Crippen LogP contribution in [0.5, 0.6) is 5.75 Å². The Kier molecular flexibility index (Phi) is 4.24. The average Bonchev–Trinajstić information content (AvgIpc) is 2.41. The number of rotatable bonds is 3. The summed E-state index contributed by atoms with van der Waals surface area (Å²) in [4.78, 5) is 12.6. The van der Waals surface area contributed by atoms with Crippen LogP contribution in [-0.2, 0) is 0 Å². The third-order valence-electron chi connectivity index (χ3n) is 3.11. The van der Waals surface area contributed by atoms with Gasteiger partial charge in [0.2, 0.25) is 0 Å². The molecule has 0 spiro atoms. The van der Waals surface area contributed by atoms with Crippen molar-refractivity contribution in [1.82, 2.24) is 0 Å². The van der Waals surface area contributed by atoms with Crippen molar-refractivity contribution in [3.8, 4) is 5.75 Å². The normalized spacial score (nSPS) is 10.3. The van der Waals surface area contributed by atoms with E-state index in [1.54, 1.807) is 7.11 Å². The Morgan fingerprint density at radius 1 is 1.05 bits per heavy atom. The highest BCUT2D eigenvalue weighted by Gasteiger charge is 2.15. The molecule has 2 aromatic carbocycles. The van der Waals surface area contributed by atoms with E-state index in [1.807, 2.05) is 50.2 Å². The van der Waals surface area contributed by atoms with E-state index >= 15 is 0 Å². The Morgan fingerprint density at radius 3 is 2.42 bits per heavy atom. The predicted octanol–water partition coefficient (Wildman–Crippen LogP) is 4.15. The van der Waals surface area contributed by atoms with E-state index in [0.29, 0.717) is 0 Å². The van der Waals surface area contributed by atoms with Crippen LogP contribution < -0.4 is 4.74 Å². The van der Waals surface area contributed by atoms with Crippen LogP contribution >= 0.6 is 22.6 Å². The Labute approximate surface area is 126 Å². The number of hydrogen-bond acceptors (Lipinski definition) is 2. The zero-order valence-corrected chi connectivity index (χ0v) is 13.3. The number of ketones is 1. The fraction of sp³-hybridized carbons (Fsp3) is 0.188. The highest BCUT2D eigenvalue weighted by Crippen LogP contribution is 2.23. The topological polar surface area (TPSA) is 26.3 Å². The monoisotopic (exact) mass is 366 g/mol.